The molecular formula is C11H20N2O7. The third-order valence-electron chi connectivity index (χ3n) is 3.15. The maximum atomic E-state index is 11.3. The molecule has 5 atom stereocenters. The molecule has 20 heavy (non-hydrogen) atoms. The molecule has 9 heteroatoms. The summed E-state index contributed by atoms with van der Waals surface area (Å²) in [5.41, 5.74) is 5.28. The number of alkyl carbamates (subject to hydrolysis) is 1. The van der Waals surface area contributed by atoms with Crippen LogP contribution < -0.4 is 11.1 Å². The molecule has 5 unspecified atom stereocenters. The van der Waals surface area contributed by atoms with Crippen molar-refractivity contribution in [2.45, 2.75) is 30.6 Å². The fourth-order valence-corrected chi connectivity index (χ4v) is 2.21. The third-order valence-corrected chi connectivity index (χ3v) is 3.15. The molecule has 0 aromatic heterocycles. The first kappa shape index (κ1) is 15.4. The van der Waals surface area contributed by atoms with Crippen LogP contribution in [-0.4, -0.2) is 79.9 Å². The minimum Gasteiger partial charge on any atom is -0.441 e. The molecule has 9 nitrogen and oxygen atoms in total. The molecule has 0 bridgehead atoms. The van der Waals surface area contributed by atoms with Crippen LogP contribution in [0, 0.1) is 0 Å². The second-order valence-electron chi connectivity index (χ2n) is 4.53. The van der Waals surface area contributed by atoms with Gasteiger partial charge in [0.05, 0.1) is 26.4 Å². The summed E-state index contributed by atoms with van der Waals surface area (Å²) < 4.78 is 21.0. The number of ether oxygens (including phenoxy) is 4. The van der Waals surface area contributed by atoms with Gasteiger partial charge in [-0.2, -0.15) is 0 Å². The summed E-state index contributed by atoms with van der Waals surface area (Å²) in [7, 11) is 0. The van der Waals surface area contributed by atoms with Gasteiger partial charge in [-0.3, -0.25) is 0 Å². The lowest BCUT2D eigenvalue weighted by atomic mass is 9.98. The minimum atomic E-state index is -1.10. The van der Waals surface area contributed by atoms with Crippen LogP contribution in [0.4, 0.5) is 4.79 Å². The van der Waals surface area contributed by atoms with Crippen LogP contribution in [0.5, 0.6) is 0 Å². The van der Waals surface area contributed by atoms with E-state index in [1.807, 2.05) is 0 Å². The molecule has 1 amide bonds. The van der Waals surface area contributed by atoms with E-state index in [1.54, 1.807) is 0 Å². The molecule has 0 aliphatic carbocycles. The van der Waals surface area contributed by atoms with E-state index < -0.39 is 43.3 Å². The van der Waals surface area contributed by atoms with Gasteiger partial charge < -0.3 is 40.2 Å². The van der Waals surface area contributed by atoms with E-state index in [0.29, 0.717) is 19.8 Å². The van der Waals surface area contributed by atoms with Crippen molar-refractivity contribution in [2.75, 3.05) is 33.0 Å². The zero-order valence-electron chi connectivity index (χ0n) is 10.9. The van der Waals surface area contributed by atoms with E-state index in [0.717, 1.165) is 0 Å². The first-order chi connectivity index (χ1) is 9.67. The number of hydrogen-bond donors (Lipinski definition) is 4. The highest BCUT2D eigenvalue weighted by Gasteiger charge is 2.52. The highest BCUT2D eigenvalue weighted by Crippen LogP contribution is 2.27. The summed E-state index contributed by atoms with van der Waals surface area (Å²) in [6.07, 6.45) is -4.22. The van der Waals surface area contributed by atoms with Crippen LogP contribution >= 0.6 is 0 Å². The predicted octanol–water partition coefficient (Wildman–Crippen LogP) is -2.47. The highest BCUT2D eigenvalue weighted by molar-refractivity contribution is 5.70. The van der Waals surface area contributed by atoms with Crippen LogP contribution in [0.3, 0.4) is 0 Å². The van der Waals surface area contributed by atoms with E-state index in [1.165, 1.54) is 0 Å². The van der Waals surface area contributed by atoms with Gasteiger partial charge in [-0.1, -0.05) is 0 Å². The Morgan fingerprint density at radius 2 is 2.15 bits per heavy atom. The molecule has 0 aromatic rings. The predicted molar refractivity (Wildman–Crippen MR) is 64.8 cm³/mol. The second kappa shape index (κ2) is 7.16. The van der Waals surface area contributed by atoms with Crippen molar-refractivity contribution in [3.63, 3.8) is 0 Å². The standard InChI is InChI=1S/C11H20N2O7/c12-1-2-17-3-4-18-10-7-9(20-11(16)13-7)8(15)6(5-14)19-10/h6-10,14-15H,1-5,12H2,(H,13,16). The molecule has 2 aliphatic heterocycles. The Morgan fingerprint density at radius 3 is 2.85 bits per heavy atom. The average Bonchev–Trinajstić information content (AvgIpc) is 2.83. The average molecular weight is 292 g/mol. The van der Waals surface area contributed by atoms with Crippen molar-refractivity contribution in [1.29, 1.82) is 0 Å². The molecule has 116 valence electrons. The summed E-state index contributed by atoms with van der Waals surface area (Å²) in [6, 6.07) is -0.616. The van der Waals surface area contributed by atoms with E-state index in [2.05, 4.69) is 5.32 Å². The summed E-state index contributed by atoms with van der Waals surface area (Å²) >= 11 is 0. The van der Waals surface area contributed by atoms with Gasteiger partial charge in [-0.15, -0.1) is 0 Å². The topological polar surface area (TPSA) is 133 Å². The second-order valence-corrected chi connectivity index (χ2v) is 4.53. The van der Waals surface area contributed by atoms with Crippen molar-refractivity contribution in [3.8, 4) is 0 Å². The zero-order chi connectivity index (χ0) is 14.5. The number of fused-ring (bicyclic) bond motifs is 1. The van der Waals surface area contributed by atoms with Gasteiger partial charge in [-0.25, -0.2) is 4.79 Å². The van der Waals surface area contributed by atoms with Gasteiger partial charge in [-0.05, 0) is 0 Å². The monoisotopic (exact) mass is 292 g/mol. The largest absolute Gasteiger partial charge is 0.441 e. The normalized spacial score (nSPS) is 36.4. The summed E-state index contributed by atoms with van der Waals surface area (Å²) in [5.74, 6) is 0. The molecule has 0 saturated carbocycles. The van der Waals surface area contributed by atoms with E-state index in [-0.39, 0.29) is 6.61 Å². The number of aliphatic hydroxyl groups excluding tert-OH is 2. The van der Waals surface area contributed by atoms with Crippen LogP contribution in [0.15, 0.2) is 0 Å². The fourth-order valence-electron chi connectivity index (χ4n) is 2.21. The number of rotatable bonds is 7. The van der Waals surface area contributed by atoms with Crippen molar-refractivity contribution < 1.29 is 34.0 Å². The molecule has 2 fully saturated rings. The summed E-state index contributed by atoms with van der Waals surface area (Å²) in [6.45, 7) is 1.02. The lowest BCUT2D eigenvalue weighted by Crippen LogP contribution is -2.60. The van der Waals surface area contributed by atoms with Gasteiger partial charge in [0.2, 0.25) is 0 Å². The SMILES string of the molecule is NCCOCCOC1OC(CO)C(O)C2OC(=O)NC12. The smallest absolute Gasteiger partial charge is 0.408 e. The number of amides is 1. The lowest BCUT2D eigenvalue weighted by molar-refractivity contribution is -0.260. The molecule has 2 heterocycles. The molecule has 5 N–H and O–H groups in total. The zero-order valence-corrected chi connectivity index (χ0v) is 10.9. The van der Waals surface area contributed by atoms with Gasteiger partial charge in [0.25, 0.3) is 0 Å². The van der Waals surface area contributed by atoms with Crippen molar-refractivity contribution >= 4 is 6.09 Å². The molecule has 2 rings (SSSR count). The van der Waals surface area contributed by atoms with Crippen LogP contribution in [0.25, 0.3) is 0 Å². The van der Waals surface area contributed by atoms with Gasteiger partial charge in [0.1, 0.15) is 18.2 Å². The Kier molecular flexibility index (Phi) is 5.52. The maximum absolute atomic E-state index is 11.3. The van der Waals surface area contributed by atoms with Crippen LogP contribution in [0.1, 0.15) is 0 Å². The number of nitrogens with two attached hydrogens (primary N) is 1. The van der Waals surface area contributed by atoms with E-state index in [9.17, 15) is 9.90 Å². The highest BCUT2D eigenvalue weighted by atomic mass is 16.7. The Labute approximate surface area is 115 Å². The summed E-state index contributed by atoms with van der Waals surface area (Å²) in [5, 5.41) is 21.6. The van der Waals surface area contributed by atoms with Crippen molar-refractivity contribution in [1.82, 2.24) is 5.32 Å². The first-order valence-corrected chi connectivity index (χ1v) is 6.48. The molecular weight excluding hydrogens is 272 g/mol. The van der Waals surface area contributed by atoms with Gasteiger partial charge >= 0.3 is 6.09 Å². The van der Waals surface area contributed by atoms with Gasteiger partial charge in [0, 0.05) is 6.54 Å². The molecule has 2 saturated heterocycles. The number of carbonyl (C=O) groups excluding carboxylic acids is 1. The van der Waals surface area contributed by atoms with Crippen LogP contribution in [0.2, 0.25) is 0 Å². The first-order valence-electron chi connectivity index (χ1n) is 6.48. The maximum Gasteiger partial charge on any atom is 0.408 e. The third kappa shape index (κ3) is 3.37. The van der Waals surface area contributed by atoms with E-state index >= 15 is 0 Å². The number of aliphatic hydroxyl groups is 2. The van der Waals surface area contributed by atoms with Gasteiger partial charge in [0.15, 0.2) is 12.4 Å². The molecule has 0 spiro atoms. The number of hydrogen-bond acceptors (Lipinski definition) is 8. The minimum absolute atomic E-state index is 0.234. The van der Waals surface area contributed by atoms with Crippen LogP contribution in [-0.2, 0) is 18.9 Å². The molecule has 0 aromatic carbocycles. The lowest BCUT2D eigenvalue weighted by Gasteiger charge is -2.39. The van der Waals surface area contributed by atoms with Crippen molar-refractivity contribution in [3.05, 3.63) is 0 Å². The number of nitrogens with one attached hydrogen (secondary N) is 1. The summed E-state index contributed by atoms with van der Waals surface area (Å²) in [4.78, 5) is 11.3. The van der Waals surface area contributed by atoms with Crippen molar-refractivity contribution in [2.24, 2.45) is 5.73 Å². The fraction of sp³-hybridized carbons (Fsp3) is 0.909. The Morgan fingerprint density at radius 1 is 1.35 bits per heavy atom. The Balaban J connectivity index is 1.88. The Bertz CT molecular complexity index is 330. The molecule has 0 radical (unpaired) electrons. The quantitative estimate of drug-likeness (QED) is 0.380. The molecule has 2 aliphatic rings. The van der Waals surface area contributed by atoms with E-state index in [4.69, 9.17) is 29.8 Å². The number of carbonyl (C=O) groups is 1. The Hall–Kier alpha value is -0.970.